The van der Waals surface area contributed by atoms with Crippen LogP contribution in [0.2, 0.25) is 0 Å². The molecule has 26 heavy (non-hydrogen) atoms. The molecule has 1 aromatic carbocycles. The molecule has 7 heteroatoms. The molecule has 0 unspecified atom stereocenters. The first-order valence-corrected chi connectivity index (χ1v) is 8.72. The van der Waals surface area contributed by atoms with Crippen LogP contribution in [0.1, 0.15) is 23.5 Å². The van der Waals surface area contributed by atoms with Crippen LogP contribution in [0.15, 0.2) is 36.7 Å². The van der Waals surface area contributed by atoms with Crippen molar-refractivity contribution < 1.29 is 14.3 Å². The van der Waals surface area contributed by atoms with E-state index in [0.717, 1.165) is 23.4 Å². The molecule has 0 bridgehead atoms. The van der Waals surface area contributed by atoms with Crippen LogP contribution in [-0.4, -0.2) is 41.9 Å². The lowest BCUT2D eigenvalue weighted by atomic mass is 9.90. The minimum absolute atomic E-state index is 0.00571. The fraction of sp³-hybridized carbons (Fsp3) is 0.421. The fourth-order valence-corrected chi connectivity index (χ4v) is 3.27. The lowest BCUT2D eigenvalue weighted by Gasteiger charge is -2.17. The van der Waals surface area contributed by atoms with Crippen molar-refractivity contribution in [1.82, 2.24) is 15.1 Å². The third-order valence-corrected chi connectivity index (χ3v) is 4.77. The lowest BCUT2D eigenvalue weighted by Crippen LogP contribution is -2.28. The average Bonchev–Trinajstić information content (AvgIpc) is 3.29. The number of esters is 1. The van der Waals surface area contributed by atoms with E-state index >= 15 is 0 Å². The molecule has 2 N–H and O–H groups in total. The first kappa shape index (κ1) is 18.1. The van der Waals surface area contributed by atoms with E-state index in [2.05, 4.69) is 20.5 Å². The molecule has 1 aliphatic rings. The van der Waals surface area contributed by atoms with E-state index in [4.69, 9.17) is 0 Å². The van der Waals surface area contributed by atoms with E-state index in [1.54, 1.807) is 4.68 Å². The van der Waals surface area contributed by atoms with Crippen molar-refractivity contribution in [3.63, 3.8) is 0 Å². The van der Waals surface area contributed by atoms with Gasteiger partial charge in [0, 0.05) is 44.4 Å². The maximum atomic E-state index is 12.7. The number of aryl methyl sites for hydroxylation is 2. The molecule has 3 rings (SSSR count). The van der Waals surface area contributed by atoms with Gasteiger partial charge in [-0.15, -0.1) is 0 Å². The predicted molar refractivity (Wildman–Crippen MR) is 97.7 cm³/mol. The number of amides is 1. The van der Waals surface area contributed by atoms with Gasteiger partial charge in [0.25, 0.3) is 0 Å². The number of carbonyl (C=O) groups excluding carboxylic acids is 2. The number of hydrogen-bond acceptors (Lipinski definition) is 5. The average molecular weight is 356 g/mol. The predicted octanol–water partition coefficient (Wildman–Crippen LogP) is 1.47. The Morgan fingerprint density at radius 3 is 2.73 bits per heavy atom. The van der Waals surface area contributed by atoms with Gasteiger partial charge < -0.3 is 15.4 Å². The number of anilines is 1. The lowest BCUT2D eigenvalue weighted by molar-refractivity contribution is -0.140. The summed E-state index contributed by atoms with van der Waals surface area (Å²) in [5, 5.41) is 10.5. The van der Waals surface area contributed by atoms with Crippen LogP contribution < -0.4 is 10.6 Å². The summed E-state index contributed by atoms with van der Waals surface area (Å²) in [4.78, 5) is 23.9. The Morgan fingerprint density at radius 2 is 2.08 bits per heavy atom. The number of nitrogens with one attached hydrogen (secondary N) is 2. The summed E-state index contributed by atoms with van der Waals surface area (Å²) >= 11 is 0. The summed E-state index contributed by atoms with van der Waals surface area (Å²) in [7, 11) is 3.26. The zero-order chi connectivity index (χ0) is 18.5. The van der Waals surface area contributed by atoms with Crippen molar-refractivity contribution in [2.45, 2.75) is 18.8 Å². The number of benzene rings is 1. The zero-order valence-electron chi connectivity index (χ0n) is 15.1. The van der Waals surface area contributed by atoms with Gasteiger partial charge >= 0.3 is 5.97 Å². The second-order valence-electron chi connectivity index (χ2n) is 6.58. The molecule has 0 spiro atoms. The van der Waals surface area contributed by atoms with Crippen LogP contribution in [0.25, 0.3) is 0 Å². The van der Waals surface area contributed by atoms with Gasteiger partial charge in [-0.3, -0.25) is 14.3 Å². The van der Waals surface area contributed by atoms with Gasteiger partial charge in [-0.1, -0.05) is 12.1 Å². The second-order valence-corrected chi connectivity index (χ2v) is 6.58. The highest BCUT2D eigenvalue weighted by Gasteiger charge is 2.34. The second kappa shape index (κ2) is 8.14. The molecule has 2 heterocycles. The Bertz CT molecular complexity index is 769. The number of hydrogen-bond donors (Lipinski definition) is 2. The monoisotopic (exact) mass is 356 g/mol. The molecular weight excluding hydrogens is 332 g/mol. The molecule has 1 aromatic heterocycles. The highest BCUT2D eigenvalue weighted by molar-refractivity contribution is 5.93. The highest BCUT2D eigenvalue weighted by atomic mass is 16.5. The molecule has 7 nitrogen and oxygen atoms in total. The molecule has 2 atom stereocenters. The standard InChI is InChI=1S/C19H24N4O3/c1-23-12-14(9-21-23)16-10-20-11-17(16)19(25)22-15-6-3-13(4-7-15)5-8-18(24)26-2/h3-4,6-7,9,12,16-17,20H,5,8,10-11H2,1-2H3,(H,22,25)/t16-,17+/m1/s1. The van der Waals surface area contributed by atoms with Gasteiger partial charge in [0.05, 0.1) is 19.2 Å². The topological polar surface area (TPSA) is 85.2 Å². The number of ether oxygens (including phenoxy) is 1. The number of aromatic nitrogens is 2. The maximum absolute atomic E-state index is 12.7. The van der Waals surface area contributed by atoms with Gasteiger partial charge in [0.15, 0.2) is 0 Å². The molecule has 2 aromatic rings. The van der Waals surface area contributed by atoms with Gasteiger partial charge in [0.1, 0.15) is 0 Å². The van der Waals surface area contributed by atoms with Crippen molar-refractivity contribution in [2.75, 3.05) is 25.5 Å². The van der Waals surface area contributed by atoms with Crippen molar-refractivity contribution >= 4 is 17.6 Å². The van der Waals surface area contributed by atoms with Gasteiger partial charge in [-0.25, -0.2) is 0 Å². The zero-order valence-corrected chi connectivity index (χ0v) is 15.1. The Morgan fingerprint density at radius 1 is 1.31 bits per heavy atom. The van der Waals surface area contributed by atoms with Crippen molar-refractivity contribution in [3.05, 3.63) is 47.8 Å². The molecule has 138 valence electrons. The van der Waals surface area contributed by atoms with Crippen LogP contribution in [0.3, 0.4) is 0 Å². The summed E-state index contributed by atoms with van der Waals surface area (Å²) in [5.41, 5.74) is 2.87. The van der Waals surface area contributed by atoms with E-state index in [1.807, 2.05) is 43.7 Å². The quantitative estimate of drug-likeness (QED) is 0.766. The van der Waals surface area contributed by atoms with Crippen LogP contribution >= 0.6 is 0 Å². The summed E-state index contributed by atoms with van der Waals surface area (Å²) in [6, 6.07) is 7.58. The minimum Gasteiger partial charge on any atom is -0.469 e. The van der Waals surface area contributed by atoms with Crippen molar-refractivity contribution in [3.8, 4) is 0 Å². The highest BCUT2D eigenvalue weighted by Crippen LogP contribution is 2.28. The number of carbonyl (C=O) groups is 2. The molecule has 0 saturated carbocycles. The Labute approximate surface area is 152 Å². The Kier molecular flexibility index (Phi) is 5.68. The molecule has 0 radical (unpaired) electrons. The Hall–Kier alpha value is -2.67. The van der Waals surface area contributed by atoms with Gasteiger partial charge in [0.2, 0.25) is 5.91 Å². The Balaban J connectivity index is 1.59. The summed E-state index contributed by atoms with van der Waals surface area (Å²) in [6.07, 6.45) is 4.77. The van der Waals surface area contributed by atoms with E-state index in [0.29, 0.717) is 19.4 Å². The van der Waals surface area contributed by atoms with Crippen molar-refractivity contribution in [2.24, 2.45) is 13.0 Å². The van der Waals surface area contributed by atoms with Gasteiger partial charge in [-0.05, 0) is 29.7 Å². The summed E-state index contributed by atoms with van der Waals surface area (Å²) in [5.74, 6) is -0.218. The molecular formula is C19H24N4O3. The smallest absolute Gasteiger partial charge is 0.305 e. The number of rotatable bonds is 6. The van der Waals surface area contributed by atoms with E-state index in [9.17, 15) is 9.59 Å². The third kappa shape index (κ3) is 4.29. The first-order valence-electron chi connectivity index (χ1n) is 8.72. The molecule has 1 amide bonds. The molecule has 0 aliphatic carbocycles. The maximum Gasteiger partial charge on any atom is 0.305 e. The van der Waals surface area contributed by atoms with Crippen LogP contribution in [0.5, 0.6) is 0 Å². The largest absolute Gasteiger partial charge is 0.469 e. The first-order chi connectivity index (χ1) is 12.6. The normalized spacial score (nSPS) is 19.3. The molecule has 1 aliphatic heterocycles. The molecule has 1 fully saturated rings. The van der Waals surface area contributed by atoms with E-state index in [-0.39, 0.29) is 23.7 Å². The fourth-order valence-electron chi connectivity index (χ4n) is 3.27. The van der Waals surface area contributed by atoms with Crippen LogP contribution in [-0.2, 0) is 27.8 Å². The summed E-state index contributed by atoms with van der Waals surface area (Å²) in [6.45, 7) is 1.43. The van der Waals surface area contributed by atoms with Crippen LogP contribution in [0, 0.1) is 5.92 Å². The van der Waals surface area contributed by atoms with Crippen LogP contribution in [0.4, 0.5) is 5.69 Å². The molecule has 1 saturated heterocycles. The van der Waals surface area contributed by atoms with Crippen molar-refractivity contribution in [1.29, 1.82) is 0 Å². The van der Waals surface area contributed by atoms with Gasteiger partial charge in [-0.2, -0.15) is 5.10 Å². The summed E-state index contributed by atoms with van der Waals surface area (Å²) < 4.78 is 6.41. The van der Waals surface area contributed by atoms with E-state index in [1.165, 1.54) is 7.11 Å². The minimum atomic E-state index is -0.224. The SMILES string of the molecule is COC(=O)CCc1ccc(NC(=O)[C@H]2CNC[C@@H]2c2cnn(C)c2)cc1. The van der Waals surface area contributed by atoms with E-state index < -0.39 is 0 Å². The third-order valence-electron chi connectivity index (χ3n) is 4.77. The number of nitrogens with zero attached hydrogens (tertiary/aromatic N) is 2. The number of methoxy groups -OCH3 is 1.